The van der Waals surface area contributed by atoms with E-state index >= 15 is 0 Å². The van der Waals surface area contributed by atoms with Crippen molar-refractivity contribution in [2.75, 3.05) is 0 Å². The zero-order chi connectivity index (χ0) is 15.3. The fourth-order valence-corrected chi connectivity index (χ4v) is 4.52. The van der Waals surface area contributed by atoms with Crippen LogP contribution < -0.4 is 0 Å². The Bertz CT molecular complexity index is 326. The van der Waals surface area contributed by atoms with Gasteiger partial charge in [-0.1, -0.05) is 51.9 Å². The summed E-state index contributed by atoms with van der Waals surface area (Å²) in [5.41, 5.74) is 0. The quantitative estimate of drug-likeness (QED) is 0.645. The number of rotatable bonds is 6. The predicted octanol–water partition coefficient (Wildman–Crippen LogP) is 5.63. The van der Waals surface area contributed by atoms with Crippen LogP contribution in [-0.4, -0.2) is 16.0 Å². The van der Waals surface area contributed by atoms with Crippen LogP contribution >= 0.6 is 11.6 Å². The maximum Gasteiger partial charge on any atom is 0.324 e. The molecule has 21 heavy (non-hydrogen) atoms. The van der Waals surface area contributed by atoms with E-state index < -0.39 is 10.8 Å². The number of aliphatic carboxylic acids is 1. The highest BCUT2D eigenvalue weighted by atomic mass is 35.5. The van der Waals surface area contributed by atoms with Crippen molar-refractivity contribution in [1.29, 1.82) is 0 Å². The third-order valence-corrected chi connectivity index (χ3v) is 6.42. The molecule has 0 radical (unpaired) electrons. The van der Waals surface area contributed by atoms with Crippen LogP contribution in [0.3, 0.4) is 0 Å². The molecule has 3 heteroatoms. The standard InChI is InChI=1S/C18H31ClO2/c1-2-3-4-14-5-7-15(8-6-14)13-16-9-11-18(19,12-10-16)17(20)21/h14-16H,2-13H2,1H3,(H,20,21). The first-order valence-electron chi connectivity index (χ1n) is 8.96. The van der Waals surface area contributed by atoms with Crippen molar-refractivity contribution < 1.29 is 9.90 Å². The largest absolute Gasteiger partial charge is 0.480 e. The van der Waals surface area contributed by atoms with Gasteiger partial charge >= 0.3 is 5.97 Å². The van der Waals surface area contributed by atoms with Gasteiger partial charge in [-0.2, -0.15) is 0 Å². The van der Waals surface area contributed by atoms with E-state index in [1.807, 2.05) is 0 Å². The lowest BCUT2D eigenvalue weighted by molar-refractivity contribution is -0.141. The molecule has 0 aromatic rings. The molecule has 0 unspecified atom stereocenters. The summed E-state index contributed by atoms with van der Waals surface area (Å²) in [5, 5.41) is 9.17. The summed E-state index contributed by atoms with van der Waals surface area (Å²) >= 11 is 6.19. The van der Waals surface area contributed by atoms with Gasteiger partial charge in [0.25, 0.3) is 0 Å². The zero-order valence-corrected chi connectivity index (χ0v) is 14.2. The Morgan fingerprint density at radius 1 is 1.05 bits per heavy atom. The molecule has 2 saturated carbocycles. The highest BCUT2D eigenvalue weighted by molar-refractivity contribution is 6.33. The first-order valence-corrected chi connectivity index (χ1v) is 9.33. The lowest BCUT2D eigenvalue weighted by Gasteiger charge is -2.35. The number of halogens is 1. The molecule has 0 spiro atoms. The average molecular weight is 315 g/mol. The van der Waals surface area contributed by atoms with Gasteiger partial charge in [-0.3, -0.25) is 4.79 Å². The van der Waals surface area contributed by atoms with Crippen LogP contribution in [0.4, 0.5) is 0 Å². The summed E-state index contributed by atoms with van der Waals surface area (Å²) in [5.74, 6) is 1.77. The van der Waals surface area contributed by atoms with Crippen LogP contribution in [0.25, 0.3) is 0 Å². The molecular formula is C18H31ClO2. The van der Waals surface area contributed by atoms with E-state index in [1.165, 1.54) is 51.4 Å². The lowest BCUT2D eigenvalue weighted by atomic mass is 9.72. The van der Waals surface area contributed by atoms with E-state index in [9.17, 15) is 9.90 Å². The second-order valence-corrected chi connectivity index (χ2v) is 8.20. The summed E-state index contributed by atoms with van der Waals surface area (Å²) in [6.07, 6.45) is 14.4. The summed E-state index contributed by atoms with van der Waals surface area (Å²) in [6.45, 7) is 2.28. The molecule has 0 atom stereocenters. The van der Waals surface area contributed by atoms with Crippen LogP contribution in [0.5, 0.6) is 0 Å². The van der Waals surface area contributed by atoms with Crippen molar-refractivity contribution in [3.8, 4) is 0 Å². The first-order chi connectivity index (χ1) is 10.0. The molecule has 2 fully saturated rings. The second kappa shape index (κ2) is 7.85. The minimum Gasteiger partial charge on any atom is -0.480 e. The Morgan fingerprint density at radius 2 is 1.57 bits per heavy atom. The molecule has 1 N–H and O–H groups in total. The minimum atomic E-state index is -0.964. The molecule has 0 aromatic carbocycles. The van der Waals surface area contributed by atoms with Crippen LogP contribution in [0.15, 0.2) is 0 Å². The van der Waals surface area contributed by atoms with Crippen molar-refractivity contribution in [2.24, 2.45) is 17.8 Å². The Hall–Kier alpha value is -0.240. The van der Waals surface area contributed by atoms with E-state index in [0.717, 1.165) is 24.7 Å². The van der Waals surface area contributed by atoms with E-state index in [0.29, 0.717) is 18.8 Å². The summed E-state index contributed by atoms with van der Waals surface area (Å²) < 4.78 is 0. The first kappa shape index (κ1) is 17.1. The van der Waals surface area contributed by atoms with Crippen molar-refractivity contribution in [3.63, 3.8) is 0 Å². The highest BCUT2D eigenvalue weighted by Gasteiger charge is 2.40. The molecule has 0 amide bonds. The molecule has 2 aliphatic rings. The van der Waals surface area contributed by atoms with Gasteiger partial charge in [0.1, 0.15) is 4.87 Å². The average Bonchev–Trinajstić information content (AvgIpc) is 2.49. The van der Waals surface area contributed by atoms with E-state index in [2.05, 4.69) is 6.92 Å². The Balaban J connectivity index is 1.67. The molecule has 122 valence electrons. The van der Waals surface area contributed by atoms with E-state index in [4.69, 9.17) is 11.6 Å². The molecule has 0 saturated heterocycles. The second-order valence-electron chi connectivity index (χ2n) is 7.48. The van der Waals surface area contributed by atoms with Gasteiger partial charge in [0, 0.05) is 0 Å². The molecule has 2 nitrogen and oxygen atoms in total. The third kappa shape index (κ3) is 4.87. The van der Waals surface area contributed by atoms with Crippen LogP contribution in [-0.2, 0) is 4.79 Å². The lowest BCUT2D eigenvalue weighted by Crippen LogP contribution is -2.37. The maximum absolute atomic E-state index is 11.2. The van der Waals surface area contributed by atoms with Crippen LogP contribution in [0.1, 0.15) is 84.0 Å². The van der Waals surface area contributed by atoms with Gasteiger partial charge in [-0.15, -0.1) is 11.6 Å². The van der Waals surface area contributed by atoms with Crippen molar-refractivity contribution in [2.45, 2.75) is 88.8 Å². The topological polar surface area (TPSA) is 37.3 Å². The number of alkyl halides is 1. The Labute approximate surface area is 134 Å². The van der Waals surface area contributed by atoms with Gasteiger partial charge in [0.2, 0.25) is 0 Å². The minimum absolute atomic E-state index is 0.653. The van der Waals surface area contributed by atoms with E-state index in [-0.39, 0.29) is 0 Å². The highest BCUT2D eigenvalue weighted by Crippen LogP contribution is 2.42. The van der Waals surface area contributed by atoms with Gasteiger partial charge in [-0.05, 0) is 49.9 Å². The Morgan fingerprint density at radius 3 is 2.10 bits per heavy atom. The van der Waals surface area contributed by atoms with Crippen LogP contribution in [0.2, 0.25) is 0 Å². The summed E-state index contributed by atoms with van der Waals surface area (Å²) in [6, 6.07) is 0. The number of hydrogen-bond donors (Lipinski definition) is 1. The molecule has 0 aliphatic heterocycles. The van der Waals surface area contributed by atoms with Crippen LogP contribution in [0, 0.1) is 17.8 Å². The Kier molecular flexibility index (Phi) is 6.40. The van der Waals surface area contributed by atoms with Crippen molar-refractivity contribution >= 4 is 17.6 Å². The fourth-order valence-electron chi connectivity index (χ4n) is 4.30. The molecule has 2 rings (SSSR count). The van der Waals surface area contributed by atoms with E-state index in [1.54, 1.807) is 0 Å². The monoisotopic (exact) mass is 314 g/mol. The predicted molar refractivity (Wildman–Crippen MR) is 87.8 cm³/mol. The SMILES string of the molecule is CCCCC1CCC(CC2CCC(Cl)(C(=O)O)CC2)CC1. The number of hydrogen-bond acceptors (Lipinski definition) is 1. The van der Waals surface area contributed by atoms with Gasteiger partial charge in [-0.25, -0.2) is 0 Å². The maximum atomic E-state index is 11.2. The molecule has 0 bridgehead atoms. The summed E-state index contributed by atoms with van der Waals surface area (Å²) in [7, 11) is 0. The van der Waals surface area contributed by atoms with Crippen molar-refractivity contribution in [3.05, 3.63) is 0 Å². The van der Waals surface area contributed by atoms with Gasteiger partial charge < -0.3 is 5.11 Å². The number of unbranched alkanes of at least 4 members (excludes halogenated alkanes) is 1. The molecule has 0 heterocycles. The number of carboxylic acid groups (broad SMARTS) is 1. The molecule has 2 aliphatic carbocycles. The van der Waals surface area contributed by atoms with Crippen molar-refractivity contribution in [1.82, 2.24) is 0 Å². The normalized spacial score (nSPS) is 37.3. The zero-order valence-electron chi connectivity index (χ0n) is 13.5. The summed E-state index contributed by atoms with van der Waals surface area (Å²) in [4.78, 5) is 10.2. The van der Waals surface area contributed by atoms with Gasteiger partial charge in [0.15, 0.2) is 0 Å². The molecular weight excluding hydrogens is 284 g/mol. The number of carbonyl (C=O) groups is 1. The fraction of sp³-hybridized carbons (Fsp3) is 0.944. The third-order valence-electron chi connectivity index (χ3n) is 5.88. The number of carboxylic acids is 1. The van der Waals surface area contributed by atoms with Gasteiger partial charge in [0.05, 0.1) is 0 Å². The molecule has 0 aromatic heterocycles. The smallest absolute Gasteiger partial charge is 0.324 e.